The summed E-state index contributed by atoms with van der Waals surface area (Å²) in [6.45, 7) is 0. The molecule has 0 fully saturated rings. The second-order valence-corrected chi connectivity index (χ2v) is 6.75. The smallest absolute Gasteiger partial charge is 0.192 e. The van der Waals surface area contributed by atoms with Crippen molar-refractivity contribution in [3.63, 3.8) is 0 Å². The van der Waals surface area contributed by atoms with Crippen LogP contribution in [0.5, 0.6) is 0 Å². The average molecular weight is 509 g/mol. The Balaban J connectivity index is 0.000000222. The molecule has 0 bridgehead atoms. The number of hydrogen-bond donors (Lipinski definition) is 6. The summed E-state index contributed by atoms with van der Waals surface area (Å²) in [5, 5.41) is 24.8. The topological polar surface area (TPSA) is 252 Å². The number of rotatable bonds is 2. The minimum absolute atomic E-state index is 0.393. The van der Waals surface area contributed by atoms with Crippen molar-refractivity contribution >= 4 is 23.0 Å². The molecule has 4 aromatic heterocycles. The molecule has 190 valence electrons. The van der Waals surface area contributed by atoms with Gasteiger partial charge < -0.3 is 11.5 Å². The number of nitrogen functional groups attached to an aromatic ring is 2. The molecule has 14 heteroatoms. The number of pyridine rings is 4. The first-order valence-electron chi connectivity index (χ1n) is 10.7. The highest BCUT2D eigenvalue weighted by Crippen LogP contribution is 2.04. The molecule has 4 aromatic rings. The van der Waals surface area contributed by atoms with Gasteiger partial charge in [0.15, 0.2) is 11.7 Å². The molecule has 0 aromatic carbocycles. The van der Waals surface area contributed by atoms with E-state index in [-0.39, 0.29) is 0 Å². The van der Waals surface area contributed by atoms with E-state index in [0.29, 0.717) is 45.8 Å². The number of nitrogens with one attached hydrogen (secondary N) is 2. The number of hydrogen-bond acceptors (Lipinski definition) is 14. The van der Waals surface area contributed by atoms with Crippen LogP contribution in [0.4, 0.5) is 11.4 Å². The highest BCUT2D eigenvalue weighted by molar-refractivity contribution is 6.04. The zero-order valence-electron chi connectivity index (χ0n) is 20.0. The van der Waals surface area contributed by atoms with Crippen molar-refractivity contribution < 1.29 is 0 Å². The van der Waals surface area contributed by atoms with Crippen molar-refractivity contribution in [1.29, 1.82) is 10.5 Å². The molecule has 0 spiro atoms. The number of hydrazine groups is 1. The molecule has 0 atom stereocenters. The molecule has 1 aliphatic rings. The van der Waals surface area contributed by atoms with Gasteiger partial charge in [0.2, 0.25) is 0 Å². The maximum absolute atomic E-state index is 8.28. The first-order valence-corrected chi connectivity index (χ1v) is 10.7. The molecule has 0 unspecified atom stereocenters. The van der Waals surface area contributed by atoms with Crippen LogP contribution in [0.3, 0.4) is 0 Å². The van der Waals surface area contributed by atoms with Gasteiger partial charge in [0.25, 0.3) is 0 Å². The summed E-state index contributed by atoms with van der Waals surface area (Å²) < 4.78 is 0. The maximum Gasteiger partial charge on any atom is 0.192 e. The summed E-state index contributed by atoms with van der Waals surface area (Å²) in [6.07, 6.45) is 6.31. The predicted molar refractivity (Wildman–Crippen MR) is 143 cm³/mol. The predicted octanol–water partition coefficient (Wildman–Crippen LogP) is 0.583. The molecule has 0 saturated carbocycles. The lowest BCUT2D eigenvalue weighted by Crippen LogP contribution is -2.35. The fourth-order valence-corrected chi connectivity index (χ4v) is 2.45. The van der Waals surface area contributed by atoms with Gasteiger partial charge in [0, 0.05) is 12.4 Å². The lowest BCUT2D eigenvalue weighted by Gasteiger charge is -2.13. The van der Waals surface area contributed by atoms with Crippen molar-refractivity contribution in [2.75, 3.05) is 11.5 Å². The second kappa shape index (κ2) is 15.8. The molecule has 0 amide bonds. The standard InChI is InChI=1S/C12H11N7.C6H5N3.C6H4N2.H4N2/c13-8-4-5-10(15-7-8)12-18-16-11(17-19-12)9-3-1-2-6-14-9;7-3-6-2-1-5(8)4-9-6;7-5-6-3-1-2-4-8-6;1-2/h1-7H,13H2,(H,16,17)(H,18,19);1-2,4H,8H2;1-4H;1-2H2. The van der Waals surface area contributed by atoms with E-state index < -0.39 is 0 Å². The van der Waals surface area contributed by atoms with E-state index in [1.165, 1.54) is 6.20 Å². The number of amidine groups is 2. The third-order valence-electron chi connectivity index (χ3n) is 4.16. The van der Waals surface area contributed by atoms with Crippen molar-refractivity contribution in [2.45, 2.75) is 0 Å². The van der Waals surface area contributed by atoms with Crippen LogP contribution in [0.1, 0.15) is 22.8 Å². The summed E-state index contributed by atoms with van der Waals surface area (Å²) in [4.78, 5) is 15.8. The van der Waals surface area contributed by atoms with E-state index in [4.69, 9.17) is 22.0 Å². The van der Waals surface area contributed by atoms with Gasteiger partial charge in [-0.3, -0.25) is 32.5 Å². The van der Waals surface area contributed by atoms with E-state index in [1.54, 1.807) is 61.1 Å². The summed E-state index contributed by atoms with van der Waals surface area (Å²) in [7, 11) is 0. The van der Waals surface area contributed by atoms with E-state index >= 15 is 0 Å². The summed E-state index contributed by atoms with van der Waals surface area (Å²) in [5.41, 5.74) is 20.0. The minimum atomic E-state index is 0.393. The highest BCUT2D eigenvalue weighted by Gasteiger charge is 2.12. The van der Waals surface area contributed by atoms with Crippen LogP contribution in [-0.4, -0.2) is 31.6 Å². The number of nitriles is 2. The van der Waals surface area contributed by atoms with Gasteiger partial charge in [-0.25, -0.2) is 9.97 Å². The van der Waals surface area contributed by atoms with Crippen LogP contribution >= 0.6 is 0 Å². The zero-order valence-corrected chi connectivity index (χ0v) is 20.0. The van der Waals surface area contributed by atoms with Crippen LogP contribution < -0.4 is 34.0 Å². The zero-order chi connectivity index (χ0) is 27.6. The van der Waals surface area contributed by atoms with E-state index in [2.05, 4.69) is 52.7 Å². The van der Waals surface area contributed by atoms with Gasteiger partial charge in [-0.2, -0.15) is 20.7 Å². The van der Waals surface area contributed by atoms with Crippen LogP contribution in [0, 0.1) is 22.7 Å². The molecule has 5 rings (SSSR count). The number of hydrazone groups is 2. The lowest BCUT2D eigenvalue weighted by atomic mass is 10.3. The number of nitrogens with zero attached hydrogens (tertiary/aromatic N) is 8. The fourth-order valence-electron chi connectivity index (χ4n) is 2.45. The molecule has 5 heterocycles. The quantitative estimate of drug-likeness (QED) is 0.161. The van der Waals surface area contributed by atoms with Gasteiger partial charge in [-0.15, -0.1) is 0 Å². The van der Waals surface area contributed by atoms with Gasteiger partial charge in [0.05, 0.1) is 23.8 Å². The Morgan fingerprint density at radius 3 is 1.50 bits per heavy atom. The lowest BCUT2D eigenvalue weighted by molar-refractivity contribution is 0.873. The third kappa shape index (κ3) is 9.35. The molecule has 0 saturated heterocycles. The monoisotopic (exact) mass is 508 g/mol. The van der Waals surface area contributed by atoms with E-state index in [9.17, 15) is 0 Å². The van der Waals surface area contributed by atoms with Gasteiger partial charge >= 0.3 is 0 Å². The van der Waals surface area contributed by atoms with Gasteiger partial charge in [-0.05, 0) is 48.5 Å². The Kier molecular flexibility index (Phi) is 11.8. The molecule has 38 heavy (non-hydrogen) atoms. The van der Waals surface area contributed by atoms with Gasteiger partial charge in [-0.1, -0.05) is 12.1 Å². The third-order valence-corrected chi connectivity index (χ3v) is 4.16. The first kappa shape index (κ1) is 28.3. The molecule has 0 radical (unpaired) electrons. The summed E-state index contributed by atoms with van der Waals surface area (Å²) in [6, 6.07) is 21.3. The van der Waals surface area contributed by atoms with Crippen molar-refractivity contribution in [1.82, 2.24) is 30.8 Å². The Morgan fingerprint density at radius 1 is 0.579 bits per heavy atom. The van der Waals surface area contributed by atoms with Crippen LogP contribution in [0.15, 0.2) is 95.7 Å². The number of nitrogens with two attached hydrogens (primary N) is 4. The first-order chi connectivity index (χ1) is 18.6. The Hall–Kier alpha value is -5.96. The van der Waals surface area contributed by atoms with Crippen molar-refractivity contribution in [2.24, 2.45) is 21.9 Å². The summed E-state index contributed by atoms with van der Waals surface area (Å²) >= 11 is 0. The maximum atomic E-state index is 8.28. The minimum Gasteiger partial charge on any atom is -0.397 e. The average Bonchev–Trinajstić information content (AvgIpc) is 3.01. The molecule has 14 nitrogen and oxygen atoms in total. The second-order valence-electron chi connectivity index (χ2n) is 6.75. The fraction of sp³-hybridized carbons (Fsp3) is 0. The SMILES string of the molecule is N#Cc1ccc(N)cn1.N#Cc1ccccn1.NN.Nc1ccc(C2=NNC(c3ccccn3)=NN2)nc1. The van der Waals surface area contributed by atoms with E-state index in [1.807, 2.05) is 30.3 Å². The van der Waals surface area contributed by atoms with Crippen molar-refractivity contribution in [3.05, 3.63) is 108 Å². The normalized spacial score (nSPS) is 10.7. The van der Waals surface area contributed by atoms with E-state index in [0.717, 1.165) is 0 Å². The Morgan fingerprint density at radius 2 is 1.11 bits per heavy atom. The largest absolute Gasteiger partial charge is 0.397 e. The number of aromatic nitrogens is 4. The van der Waals surface area contributed by atoms with Crippen LogP contribution in [0.2, 0.25) is 0 Å². The van der Waals surface area contributed by atoms with Crippen LogP contribution in [-0.2, 0) is 0 Å². The van der Waals surface area contributed by atoms with Crippen LogP contribution in [0.25, 0.3) is 0 Å². The Bertz CT molecular complexity index is 1390. The van der Waals surface area contributed by atoms with Crippen molar-refractivity contribution in [3.8, 4) is 12.1 Å². The number of anilines is 2. The summed E-state index contributed by atoms with van der Waals surface area (Å²) in [5.74, 6) is 9.08. The molecule has 10 N–H and O–H groups in total. The molecular formula is C24H24N14. The van der Waals surface area contributed by atoms with Gasteiger partial charge in [0.1, 0.15) is 34.9 Å². The Labute approximate surface area is 218 Å². The highest BCUT2D eigenvalue weighted by atomic mass is 15.5. The molecule has 1 aliphatic heterocycles. The molecular weight excluding hydrogens is 484 g/mol. The molecule has 0 aliphatic carbocycles.